The lowest BCUT2D eigenvalue weighted by atomic mass is 9.86. The highest BCUT2D eigenvalue weighted by molar-refractivity contribution is 6.74. The van der Waals surface area contributed by atoms with Crippen LogP contribution in [0.2, 0.25) is 18.1 Å². The molecule has 0 aliphatic carbocycles. The minimum Gasteiger partial charge on any atom is -0.411 e. The van der Waals surface area contributed by atoms with E-state index in [1.165, 1.54) is 0 Å². The van der Waals surface area contributed by atoms with Crippen molar-refractivity contribution in [2.75, 3.05) is 13.2 Å². The fraction of sp³-hybridized carbons (Fsp3) is 0.929. The molecule has 3 nitrogen and oxygen atoms in total. The van der Waals surface area contributed by atoms with Gasteiger partial charge >= 0.3 is 0 Å². The fourth-order valence-corrected chi connectivity index (χ4v) is 3.93. The molecule has 0 spiro atoms. The molecule has 0 radical (unpaired) electrons. The van der Waals surface area contributed by atoms with Crippen LogP contribution in [0.5, 0.6) is 0 Å². The van der Waals surface area contributed by atoms with Crippen LogP contribution in [-0.2, 0) is 14.0 Å². The normalized spacial score (nSPS) is 24.9. The first-order valence-corrected chi connectivity index (χ1v) is 9.75. The Labute approximate surface area is 112 Å². The summed E-state index contributed by atoms with van der Waals surface area (Å²) in [5.74, 6) is 0.344. The summed E-state index contributed by atoms with van der Waals surface area (Å²) in [7, 11) is -1.86. The maximum Gasteiger partial charge on any atom is 0.192 e. The quantitative estimate of drug-likeness (QED) is 0.568. The Balaban J connectivity index is 2.88. The SMILES string of the molecule is CC(C)(C)[Si](C)(C)O[C@@](C)(CC=O)[C@H]1CCOC1. The van der Waals surface area contributed by atoms with Gasteiger partial charge in [-0.3, -0.25) is 0 Å². The molecule has 0 bridgehead atoms. The predicted octanol–water partition coefficient (Wildman–Crippen LogP) is 3.39. The van der Waals surface area contributed by atoms with Gasteiger partial charge in [0.2, 0.25) is 0 Å². The van der Waals surface area contributed by atoms with Gasteiger partial charge < -0.3 is 14.0 Å². The Morgan fingerprint density at radius 3 is 2.33 bits per heavy atom. The van der Waals surface area contributed by atoms with E-state index < -0.39 is 8.32 Å². The van der Waals surface area contributed by atoms with Crippen molar-refractivity contribution in [3.05, 3.63) is 0 Å². The van der Waals surface area contributed by atoms with Crippen LogP contribution < -0.4 is 0 Å². The fourth-order valence-electron chi connectivity index (χ4n) is 2.21. The van der Waals surface area contributed by atoms with Crippen LogP contribution in [0.25, 0.3) is 0 Å². The molecule has 1 fully saturated rings. The Kier molecular flexibility index (Phi) is 4.79. The molecule has 0 saturated carbocycles. The van der Waals surface area contributed by atoms with Gasteiger partial charge in [0.1, 0.15) is 6.29 Å². The van der Waals surface area contributed by atoms with Crippen LogP contribution in [0, 0.1) is 5.92 Å². The van der Waals surface area contributed by atoms with E-state index in [1.807, 2.05) is 0 Å². The van der Waals surface area contributed by atoms with Crippen molar-refractivity contribution in [1.29, 1.82) is 0 Å². The molecule has 18 heavy (non-hydrogen) atoms. The first-order chi connectivity index (χ1) is 8.12. The number of rotatable bonds is 5. The van der Waals surface area contributed by atoms with Crippen LogP contribution in [0.4, 0.5) is 0 Å². The standard InChI is InChI=1S/C14H28O3Si/c1-13(2,3)18(5,6)17-14(4,8-9-15)12-7-10-16-11-12/h9,12H,7-8,10-11H2,1-6H3/t12-,14-/m0/s1. The lowest BCUT2D eigenvalue weighted by Crippen LogP contribution is -2.52. The molecule has 0 amide bonds. The van der Waals surface area contributed by atoms with Gasteiger partial charge in [0, 0.05) is 18.9 Å². The van der Waals surface area contributed by atoms with E-state index in [4.69, 9.17) is 9.16 Å². The van der Waals surface area contributed by atoms with Crippen LogP contribution in [-0.4, -0.2) is 33.4 Å². The lowest BCUT2D eigenvalue weighted by Gasteiger charge is -2.46. The first-order valence-electron chi connectivity index (χ1n) is 6.84. The third-order valence-electron chi connectivity index (χ3n) is 4.58. The number of aldehydes is 1. The second-order valence-electron chi connectivity index (χ2n) is 7.11. The third-order valence-corrected chi connectivity index (χ3v) is 9.17. The van der Waals surface area contributed by atoms with Gasteiger partial charge in [-0.25, -0.2) is 0 Å². The van der Waals surface area contributed by atoms with Crippen molar-refractivity contribution in [3.63, 3.8) is 0 Å². The lowest BCUT2D eigenvalue weighted by molar-refractivity contribution is -0.113. The summed E-state index contributed by atoms with van der Waals surface area (Å²) in [5, 5.41) is 0.163. The molecule has 1 saturated heterocycles. The number of hydrogen-bond acceptors (Lipinski definition) is 3. The summed E-state index contributed by atoms with van der Waals surface area (Å²) in [6.07, 6.45) is 2.46. The zero-order valence-corrected chi connectivity index (χ0v) is 13.7. The zero-order chi connectivity index (χ0) is 14.0. The monoisotopic (exact) mass is 272 g/mol. The van der Waals surface area contributed by atoms with Crippen LogP contribution in [0.1, 0.15) is 40.5 Å². The van der Waals surface area contributed by atoms with Crippen LogP contribution >= 0.6 is 0 Å². The maximum absolute atomic E-state index is 11.0. The van der Waals surface area contributed by atoms with Gasteiger partial charge in [-0.05, 0) is 31.5 Å². The second-order valence-corrected chi connectivity index (χ2v) is 11.8. The van der Waals surface area contributed by atoms with E-state index in [0.717, 1.165) is 25.9 Å². The highest BCUT2D eigenvalue weighted by Gasteiger charge is 2.46. The van der Waals surface area contributed by atoms with Gasteiger partial charge in [-0.15, -0.1) is 0 Å². The predicted molar refractivity (Wildman–Crippen MR) is 76.3 cm³/mol. The summed E-state index contributed by atoms with van der Waals surface area (Å²) in [6, 6.07) is 0. The molecular formula is C14H28O3Si. The summed E-state index contributed by atoms with van der Waals surface area (Å²) >= 11 is 0. The van der Waals surface area contributed by atoms with Gasteiger partial charge in [-0.2, -0.15) is 0 Å². The van der Waals surface area contributed by atoms with Gasteiger partial charge in [0.15, 0.2) is 8.32 Å². The Morgan fingerprint density at radius 2 is 1.94 bits per heavy atom. The Hall–Kier alpha value is -0.193. The highest BCUT2D eigenvalue weighted by atomic mass is 28.4. The molecule has 0 N–H and O–H groups in total. The molecule has 106 valence electrons. The average molecular weight is 272 g/mol. The molecule has 1 aliphatic rings. The topological polar surface area (TPSA) is 35.5 Å². The van der Waals surface area contributed by atoms with Crippen LogP contribution in [0.15, 0.2) is 0 Å². The van der Waals surface area contributed by atoms with Crippen molar-refractivity contribution >= 4 is 14.6 Å². The molecule has 1 heterocycles. The van der Waals surface area contributed by atoms with Gasteiger partial charge in [0.05, 0.1) is 12.2 Å². The van der Waals surface area contributed by atoms with Crippen molar-refractivity contribution in [1.82, 2.24) is 0 Å². The molecule has 0 unspecified atom stereocenters. The molecule has 2 atom stereocenters. The number of ether oxygens (including phenoxy) is 1. The Bertz CT molecular complexity index is 290. The number of carbonyl (C=O) groups is 1. The van der Waals surface area contributed by atoms with Crippen LogP contribution in [0.3, 0.4) is 0 Å². The third kappa shape index (κ3) is 3.43. The van der Waals surface area contributed by atoms with Crippen molar-refractivity contribution in [3.8, 4) is 0 Å². The number of carbonyl (C=O) groups excluding carboxylic acids is 1. The summed E-state index contributed by atoms with van der Waals surface area (Å²) in [6.45, 7) is 14.8. The first kappa shape index (κ1) is 15.9. The molecule has 1 rings (SSSR count). The van der Waals surface area contributed by atoms with Crippen molar-refractivity contribution < 1.29 is 14.0 Å². The second kappa shape index (κ2) is 5.43. The maximum atomic E-state index is 11.0. The van der Waals surface area contributed by atoms with E-state index in [9.17, 15) is 4.79 Å². The highest BCUT2D eigenvalue weighted by Crippen LogP contribution is 2.43. The average Bonchev–Trinajstić information content (AvgIpc) is 2.67. The van der Waals surface area contributed by atoms with E-state index in [1.54, 1.807) is 0 Å². The molecule has 0 aromatic heterocycles. The largest absolute Gasteiger partial charge is 0.411 e. The minimum absolute atomic E-state index is 0.163. The Morgan fingerprint density at radius 1 is 1.33 bits per heavy atom. The number of hydrogen-bond donors (Lipinski definition) is 0. The van der Waals surface area contributed by atoms with Crippen molar-refractivity contribution in [2.24, 2.45) is 5.92 Å². The molecule has 1 aliphatic heterocycles. The molecule has 4 heteroatoms. The summed E-state index contributed by atoms with van der Waals surface area (Å²) < 4.78 is 12.0. The van der Waals surface area contributed by atoms with Gasteiger partial charge in [0.25, 0.3) is 0 Å². The van der Waals surface area contributed by atoms with E-state index in [2.05, 4.69) is 40.8 Å². The zero-order valence-electron chi connectivity index (χ0n) is 12.7. The molecule has 0 aromatic carbocycles. The summed E-state index contributed by atoms with van der Waals surface area (Å²) in [5.41, 5.74) is -0.360. The molecule has 0 aromatic rings. The van der Waals surface area contributed by atoms with Crippen molar-refractivity contribution in [2.45, 2.75) is 64.3 Å². The summed E-state index contributed by atoms with van der Waals surface area (Å²) in [4.78, 5) is 11.0. The van der Waals surface area contributed by atoms with E-state index in [0.29, 0.717) is 12.3 Å². The van der Waals surface area contributed by atoms with E-state index >= 15 is 0 Å². The van der Waals surface area contributed by atoms with E-state index in [-0.39, 0.29) is 10.6 Å². The smallest absolute Gasteiger partial charge is 0.192 e. The van der Waals surface area contributed by atoms with Gasteiger partial charge in [-0.1, -0.05) is 20.8 Å². The molecular weight excluding hydrogens is 244 g/mol. The minimum atomic E-state index is -1.86.